The van der Waals surface area contributed by atoms with Crippen LogP contribution < -0.4 is 5.32 Å². The lowest BCUT2D eigenvalue weighted by Gasteiger charge is -2.22. The molecule has 0 radical (unpaired) electrons. The van der Waals surface area contributed by atoms with Crippen LogP contribution in [0.5, 0.6) is 0 Å². The van der Waals surface area contributed by atoms with Crippen molar-refractivity contribution in [1.29, 1.82) is 0 Å². The van der Waals surface area contributed by atoms with Crippen LogP contribution in [-0.4, -0.2) is 29.8 Å². The van der Waals surface area contributed by atoms with Gasteiger partial charge in [-0.3, -0.25) is 9.59 Å². The molecule has 1 aromatic rings. The molecule has 4 nitrogen and oxygen atoms in total. The molecule has 4 heteroatoms. The van der Waals surface area contributed by atoms with Gasteiger partial charge in [0.2, 0.25) is 12.3 Å². The van der Waals surface area contributed by atoms with Crippen LogP contribution in [0.1, 0.15) is 31.4 Å². The van der Waals surface area contributed by atoms with E-state index in [9.17, 15) is 9.59 Å². The van der Waals surface area contributed by atoms with E-state index < -0.39 is 0 Å². The molecule has 0 aromatic heterocycles. The number of rotatable bonds is 4. The minimum absolute atomic E-state index is 0.0344. The maximum atomic E-state index is 12.1. The SMILES string of the molecule is C[C@H](NC(=O)[C@@H]1CCCN1C=O)c1ccccc1. The van der Waals surface area contributed by atoms with E-state index in [0.717, 1.165) is 24.8 Å². The van der Waals surface area contributed by atoms with Crippen LogP contribution >= 0.6 is 0 Å². The Morgan fingerprint density at radius 2 is 2.17 bits per heavy atom. The Labute approximate surface area is 107 Å². The van der Waals surface area contributed by atoms with Crippen molar-refractivity contribution in [2.24, 2.45) is 0 Å². The van der Waals surface area contributed by atoms with E-state index in [4.69, 9.17) is 0 Å². The van der Waals surface area contributed by atoms with Gasteiger partial charge >= 0.3 is 0 Å². The van der Waals surface area contributed by atoms with E-state index in [-0.39, 0.29) is 18.0 Å². The highest BCUT2D eigenvalue weighted by Crippen LogP contribution is 2.17. The molecule has 0 saturated carbocycles. The molecule has 1 aromatic carbocycles. The van der Waals surface area contributed by atoms with Gasteiger partial charge in [0, 0.05) is 6.54 Å². The molecular weight excluding hydrogens is 228 g/mol. The monoisotopic (exact) mass is 246 g/mol. The van der Waals surface area contributed by atoms with E-state index in [1.165, 1.54) is 0 Å². The number of likely N-dealkylation sites (tertiary alicyclic amines) is 1. The van der Waals surface area contributed by atoms with Crippen molar-refractivity contribution < 1.29 is 9.59 Å². The number of hydrogen-bond acceptors (Lipinski definition) is 2. The second kappa shape index (κ2) is 5.67. The molecule has 0 unspecified atom stereocenters. The van der Waals surface area contributed by atoms with E-state index in [2.05, 4.69) is 5.32 Å². The number of carbonyl (C=O) groups is 2. The van der Waals surface area contributed by atoms with Crippen LogP contribution in [-0.2, 0) is 9.59 Å². The van der Waals surface area contributed by atoms with Gasteiger partial charge in [-0.15, -0.1) is 0 Å². The van der Waals surface area contributed by atoms with Gasteiger partial charge in [-0.25, -0.2) is 0 Å². The zero-order valence-corrected chi connectivity index (χ0v) is 10.5. The summed E-state index contributed by atoms with van der Waals surface area (Å²) in [7, 11) is 0. The first-order valence-corrected chi connectivity index (χ1v) is 6.28. The van der Waals surface area contributed by atoms with E-state index in [1.807, 2.05) is 37.3 Å². The molecule has 2 atom stereocenters. The minimum atomic E-state index is -0.298. The van der Waals surface area contributed by atoms with Gasteiger partial charge < -0.3 is 10.2 Å². The Kier molecular flexibility index (Phi) is 3.97. The molecule has 18 heavy (non-hydrogen) atoms. The van der Waals surface area contributed by atoms with Crippen molar-refractivity contribution in [1.82, 2.24) is 10.2 Å². The van der Waals surface area contributed by atoms with Crippen molar-refractivity contribution in [2.75, 3.05) is 6.54 Å². The molecule has 96 valence electrons. The fraction of sp³-hybridized carbons (Fsp3) is 0.429. The second-order valence-electron chi connectivity index (χ2n) is 4.64. The van der Waals surface area contributed by atoms with Gasteiger partial charge in [0.05, 0.1) is 6.04 Å². The average molecular weight is 246 g/mol. The first-order valence-electron chi connectivity index (χ1n) is 6.28. The molecule has 0 bridgehead atoms. The van der Waals surface area contributed by atoms with E-state index >= 15 is 0 Å². The molecule has 2 amide bonds. The highest BCUT2D eigenvalue weighted by Gasteiger charge is 2.30. The lowest BCUT2D eigenvalue weighted by molar-refractivity contribution is -0.131. The molecular formula is C14H18N2O2. The van der Waals surface area contributed by atoms with Crippen LogP contribution in [0.25, 0.3) is 0 Å². The van der Waals surface area contributed by atoms with Gasteiger partial charge in [-0.2, -0.15) is 0 Å². The maximum Gasteiger partial charge on any atom is 0.243 e. The first kappa shape index (κ1) is 12.6. The summed E-state index contributed by atoms with van der Waals surface area (Å²) in [6, 6.07) is 9.48. The molecule has 1 fully saturated rings. The Balaban J connectivity index is 1.97. The third kappa shape index (κ3) is 2.70. The highest BCUT2D eigenvalue weighted by molar-refractivity contribution is 5.84. The van der Waals surface area contributed by atoms with Gasteiger partial charge in [0.25, 0.3) is 0 Å². The predicted molar refractivity (Wildman–Crippen MR) is 68.8 cm³/mol. The Morgan fingerprint density at radius 1 is 1.44 bits per heavy atom. The summed E-state index contributed by atoms with van der Waals surface area (Å²) in [6.45, 7) is 2.63. The maximum absolute atomic E-state index is 12.1. The second-order valence-corrected chi connectivity index (χ2v) is 4.64. The number of nitrogens with zero attached hydrogens (tertiary/aromatic N) is 1. The lowest BCUT2D eigenvalue weighted by Crippen LogP contribution is -2.43. The summed E-state index contributed by atoms with van der Waals surface area (Å²) >= 11 is 0. The molecule has 2 rings (SSSR count). The summed E-state index contributed by atoms with van der Waals surface area (Å²) in [5, 5.41) is 2.96. The zero-order chi connectivity index (χ0) is 13.0. The van der Waals surface area contributed by atoms with Gasteiger partial charge in [-0.1, -0.05) is 30.3 Å². The quantitative estimate of drug-likeness (QED) is 0.818. The summed E-state index contributed by atoms with van der Waals surface area (Å²) in [5.74, 6) is -0.0593. The average Bonchev–Trinajstić information content (AvgIpc) is 2.88. The lowest BCUT2D eigenvalue weighted by atomic mass is 10.1. The summed E-state index contributed by atoms with van der Waals surface area (Å²) in [6.07, 6.45) is 2.42. The third-order valence-electron chi connectivity index (χ3n) is 3.39. The van der Waals surface area contributed by atoms with Crippen molar-refractivity contribution in [3.63, 3.8) is 0 Å². The molecule has 1 N–H and O–H groups in total. The van der Waals surface area contributed by atoms with Crippen LogP contribution in [0.2, 0.25) is 0 Å². The van der Waals surface area contributed by atoms with Crippen LogP contribution in [0.4, 0.5) is 0 Å². The topological polar surface area (TPSA) is 49.4 Å². The molecule has 1 aliphatic heterocycles. The smallest absolute Gasteiger partial charge is 0.243 e. The van der Waals surface area contributed by atoms with E-state index in [1.54, 1.807) is 4.90 Å². The number of amides is 2. The van der Waals surface area contributed by atoms with Crippen molar-refractivity contribution in [3.05, 3.63) is 35.9 Å². The normalized spacial score (nSPS) is 20.5. The zero-order valence-electron chi connectivity index (χ0n) is 10.5. The van der Waals surface area contributed by atoms with Crippen molar-refractivity contribution >= 4 is 12.3 Å². The number of carbonyl (C=O) groups excluding carboxylic acids is 2. The minimum Gasteiger partial charge on any atom is -0.348 e. The fourth-order valence-corrected chi connectivity index (χ4v) is 2.33. The first-order chi connectivity index (χ1) is 8.72. The largest absolute Gasteiger partial charge is 0.348 e. The number of benzene rings is 1. The Hall–Kier alpha value is -1.84. The van der Waals surface area contributed by atoms with Crippen LogP contribution in [0.15, 0.2) is 30.3 Å². The van der Waals surface area contributed by atoms with Gasteiger partial charge in [-0.05, 0) is 25.3 Å². The molecule has 0 aliphatic carbocycles. The third-order valence-corrected chi connectivity index (χ3v) is 3.39. The Bertz CT molecular complexity index is 419. The molecule has 1 saturated heterocycles. The summed E-state index contributed by atoms with van der Waals surface area (Å²) in [4.78, 5) is 24.5. The van der Waals surface area contributed by atoms with E-state index in [0.29, 0.717) is 6.54 Å². The standard InChI is InChI=1S/C14H18N2O2/c1-11(12-6-3-2-4-7-12)15-14(18)13-8-5-9-16(13)10-17/h2-4,6-7,10-11,13H,5,8-9H2,1H3,(H,15,18)/t11-,13-/m0/s1. The van der Waals surface area contributed by atoms with Crippen molar-refractivity contribution in [3.8, 4) is 0 Å². The fourth-order valence-electron chi connectivity index (χ4n) is 2.33. The van der Waals surface area contributed by atoms with Gasteiger partial charge in [0.15, 0.2) is 0 Å². The number of hydrogen-bond donors (Lipinski definition) is 1. The summed E-state index contributed by atoms with van der Waals surface area (Å²) < 4.78 is 0. The molecule has 1 aliphatic rings. The Morgan fingerprint density at radius 3 is 2.83 bits per heavy atom. The summed E-state index contributed by atoms with van der Waals surface area (Å²) in [5.41, 5.74) is 1.07. The number of nitrogens with one attached hydrogen (secondary N) is 1. The van der Waals surface area contributed by atoms with Gasteiger partial charge in [0.1, 0.15) is 6.04 Å². The van der Waals surface area contributed by atoms with Crippen molar-refractivity contribution in [2.45, 2.75) is 31.8 Å². The predicted octanol–water partition coefficient (Wildman–Crippen LogP) is 1.48. The van der Waals surface area contributed by atoms with Crippen LogP contribution in [0, 0.1) is 0 Å². The molecule has 0 spiro atoms. The van der Waals surface area contributed by atoms with Crippen LogP contribution in [0.3, 0.4) is 0 Å². The highest BCUT2D eigenvalue weighted by atomic mass is 16.2. The molecule has 1 heterocycles.